The maximum Gasteiger partial charge on any atom is 0.339 e. The maximum absolute atomic E-state index is 13.6. The minimum Gasteiger partial charge on any atom is -0.465 e. The highest BCUT2D eigenvalue weighted by molar-refractivity contribution is 6.08. The summed E-state index contributed by atoms with van der Waals surface area (Å²) >= 11 is 0. The van der Waals surface area contributed by atoms with Gasteiger partial charge in [0.2, 0.25) is 0 Å². The lowest BCUT2D eigenvalue weighted by Crippen LogP contribution is -2.23. The molecule has 2 heterocycles. The Morgan fingerprint density at radius 3 is 2.61 bits per heavy atom. The van der Waals surface area contributed by atoms with Gasteiger partial charge in [0.05, 0.1) is 23.0 Å². The summed E-state index contributed by atoms with van der Waals surface area (Å²) in [5.74, 6) is 0.116. The van der Waals surface area contributed by atoms with E-state index in [1.807, 2.05) is 84.9 Å². The van der Waals surface area contributed by atoms with Crippen molar-refractivity contribution in [3.8, 4) is 0 Å². The number of hydrogen-bond donors (Lipinski definition) is 1. The zero-order valence-corrected chi connectivity index (χ0v) is 20.9. The molecule has 6 heteroatoms. The number of para-hydroxylation sites is 1. The van der Waals surface area contributed by atoms with Gasteiger partial charge in [-0.1, -0.05) is 61.5 Å². The van der Waals surface area contributed by atoms with E-state index in [9.17, 15) is 9.59 Å². The van der Waals surface area contributed by atoms with Crippen molar-refractivity contribution in [1.29, 1.82) is 0 Å². The van der Waals surface area contributed by atoms with Crippen molar-refractivity contribution in [2.45, 2.75) is 19.8 Å². The fourth-order valence-corrected chi connectivity index (χ4v) is 5.24. The lowest BCUT2D eigenvalue weighted by Gasteiger charge is -2.26. The third-order valence-electron chi connectivity index (χ3n) is 6.88. The molecule has 1 amide bonds. The molecule has 3 aromatic carbocycles. The van der Waals surface area contributed by atoms with Gasteiger partial charge in [0, 0.05) is 16.5 Å². The summed E-state index contributed by atoms with van der Waals surface area (Å²) in [7, 11) is 0. The van der Waals surface area contributed by atoms with Gasteiger partial charge in [-0.05, 0) is 65.6 Å². The molecule has 188 valence electrons. The van der Waals surface area contributed by atoms with E-state index in [0.29, 0.717) is 29.1 Å². The maximum atomic E-state index is 13.6. The first kappa shape index (κ1) is 23.7. The molecule has 0 radical (unpaired) electrons. The summed E-state index contributed by atoms with van der Waals surface area (Å²) in [5, 5.41) is 5.54. The van der Waals surface area contributed by atoms with Crippen LogP contribution in [-0.4, -0.2) is 23.5 Å². The van der Waals surface area contributed by atoms with E-state index in [1.165, 1.54) is 0 Å². The molecule has 38 heavy (non-hydrogen) atoms. The van der Waals surface area contributed by atoms with Crippen molar-refractivity contribution in [3.63, 3.8) is 0 Å². The third kappa shape index (κ3) is 4.57. The number of benzene rings is 3. The summed E-state index contributed by atoms with van der Waals surface area (Å²) in [6.45, 7) is 1.76. The molecule has 1 atom stereocenters. The van der Waals surface area contributed by atoms with Crippen LogP contribution in [0.1, 0.15) is 40.7 Å². The monoisotopic (exact) mass is 502 g/mol. The Morgan fingerprint density at radius 2 is 1.76 bits per heavy atom. The Balaban J connectivity index is 1.31. The largest absolute Gasteiger partial charge is 0.465 e. The van der Waals surface area contributed by atoms with Crippen LogP contribution in [0.3, 0.4) is 0 Å². The Morgan fingerprint density at radius 1 is 0.974 bits per heavy atom. The van der Waals surface area contributed by atoms with Gasteiger partial charge in [0.1, 0.15) is 5.76 Å². The highest BCUT2D eigenvalue weighted by Crippen LogP contribution is 2.38. The summed E-state index contributed by atoms with van der Waals surface area (Å²) in [5.41, 5.74) is 4.50. The second kappa shape index (κ2) is 9.98. The summed E-state index contributed by atoms with van der Waals surface area (Å²) in [6, 6.07) is 24.8. The predicted molar refractivity (Wildman–Crippen MR) is 149 cm³/mol. The van der Waals surface area contributed by atoms with Crippen LogP contribution in [0.15, 0.2) is 89.5 Å². The number of allylic oxidation sites excluding steroid dienone is 1. The average Bonchev–Trinajstić information content (AvgIpc) is 3.44. The van der Waals surface area contributed by atoms with Gasteiger partial charge in [0.25, 0.3) is 5.91 Å². The van der Waals surface area contributed by atoms with Crippen LogP contribution in [0.5, 0.6) is 0 Å². The number of carbonyl (C=O) groups excluding carboxylic acids is 2. The molecule has 1 N–H and O–H groups in total. The van der Waals surface area contributed by atoms with Crippen LogP contribution in [0.4, 0.5) is 5.69 Å². The number of pyridine rings is 1. The number of nitrogens with zero attached hydrogens (tertiary/aromatic N) is 1. The SMILES string of the molecule is C[C@H]1C/C(=C/c2ccco2)c2nc3ccccc3c(C(=O)OCC(=O)Nc3cccc4ccccc34)c2C1. The number of ether oxygens (including phenoxy) is 1. The van der Waals surface area contributed by atoms with Gasteiger partial charge in [0.15, 0.2) is 6.61 Å². The van der Waals surface area contributed by atoms with E-state index in [1.54, 1.807) is 6.26 Å². The summed E-state index contributed by atoms with van der Waals surface area (Å²) in [4.78, 5) is 31.3. The van der Waals surface area contributed by atoms with E-state index in [-0.39, 0.29) is 0 Å². The van der Waals surface area contributed by atoms with Crippen molar-refractivity contribution < 1.29 is 18.7 Å². The number of amides is 1. The molecule has 0 spiro atoms. The molecular weight excluding hydrogens is 476 g/mol. The number of rotatable bonds is 5. The normalized spacial score (nSPS) is 15.9. The molecule has 0 unspecified atom stereocenters. The van der Waals surface area contributed by atoms with Crippen LogP contribution in [0.25, 0.3) is 33.3 Å². The second-order valence-electron chi connectivity index (χ2n) is 9.68. The van der Waals surface area contributed by atoms with Gasteiger partial charge < -0.3 is 14.5 Å². The highest BCUT2D eigenvalue weighted by atomic mass is 16.5. The smallest absolute Gasteiger partial charge is 0.339 e. The van der Waals surface area contributed by atoms with Gasteiger partial charge in [-0.3, -0.25) is 4.79 Å². The van der Waals surface area contributed by atoms with E-state index in [4.69, 9.17) is 14.1 Å². The van der Waals surface area contributed by atoms with Crippen molar-refractivity contribution in [3.05, 3.63) is 108 Å². The first-order chi connectivity index (χ1) is 18.6. The average molecular weight is 503 g/mol. The number of anilines is 1. The quantitative estimate of drug-likeness (QED) is 0.264. The number of furan rings is 1. The molecule has 1 aliphatic rings. The molecule has 6 rings (SSSR count). The van der Waals surface area contributed by atoms with Gasteiger partial charge in [-0.15, -0.1) is 0 Å². The molecule has 2 aromatic heterocycles. The number of carbonyl (C=O) groups is 2. The van der Waals surface area contributed by atoms with Crippen LogP contribution in [0, 0.1) is 5.92 Å². The number of aromatic nitrogens is 1. The van der Waals surface area contributed by atoms with Crippen LogP contribution in [-0.2, 0) is 16.0 Å². The topological polar surface area (TPSA) is 81.4 Å². The van der Waals surface area contributed by atoms with E-state index < -0.39 is 18.5 Å². The number of fused-ring (bicyclic) bond motifs is 3. The van der Waals surface area contributed by atoms with Gasteiger partial charge in [-0.2, -0.15) is 0 Å². The van der Waals surface area contributed by atoms with E-state index in [2.05, 4.69) is 12.2 Å². The Labute approximate surface area is 219 Å². The van der Waals surface area contributed by atoms with Crippen LogP contribution >= 0.6 is 0 Å². The summed E-state index contributed by atoms with van der Waals surface area (Å²) < 4.78 is 11.2. The van der Waals surface area contributed by atoms with Gasteiger partial charge >= 0.3 is 5.97 Å². The minimum atomic E-state index is -0.528. The fourth-order valence-electron chi connectivity index (χ4n) is 5.24. The predicted octanol–water partition coefficient (Wildman–Crippen LogP) is 6.90. The standard InChI is InChI=1S/C32H26N2O4/c1-20-16-22(18-23-10-7-15-37-23)31-26(17-20)30(25-12-4-5-13-28(25)34-31)32(36)38-19-29(35)33-27-14-6-9-21-8-2-3-11-24(21)27/h2-15,18,20H,16-17,19H2,1H3,(H,33,35)/b22-18-/t20-/m0/s1. The zero-order chi connectivity index (χ0) is 26.1. The van der Waals surface area contributed by atoms with Crippen molar-refractivity contribution >= 4 is 50.9 Å². The molecule has 0 saturated heterocycles. The second-order valence-corrected chi connectivity index (χ2v) is 9.68. The lowest BCUT2D eigenvalue weighted by atomic mass is 9.81. The lowest BCUT2D eigenvalue weighted by molar-refractivity contribution is -0.119. The minimum absolute atomic E-state index is 0.299. The molecule has 0 fully saturated rings. The summed E-state index contributed by atoms with van der Waals surface area (Å²) in [6.07, 6.45) is 5.14. The van der Waals surface area contributed by atoms with Crippen molar-refractivity contribution in [2.75, 3.05) is 11.9 Å². The highest BCUT2D eigenvalue weighted by Gasteiger charge is 2.29. The fraction of sp³-hybridized carbons (Fsp3) is 0.156. The first-order valence-electron chi connectivity index (χ1n) is 12.7. The third-order valence-corrected chi connectivity index (χ3v) is 6.88. The number of nitrogens with one attached hydrogen (secondary N) is 1. The molecule has 6 nitrogen and oxygen atoms in total. The van der Waals surface area contributed by atoms with Crippen LogP contribution in [0.2, 0.25) is 0 Å². The van der Waals surface area contributed by atoms with E-state index in [0.717, 1.165) is 45.2 Å². The molecule has 5 aromatic rings. The molecule has 1 aliphatic carbocycles. The molecule has 0 bridgehead atoms. The molecular formula is C32H26N2O4. The first-order valence-corrected chi connectivity index (χ1v) is 12.7. The number of esters is 1. The Kier molecular flexibility index (Phi) is 6.22. The molecule has 0 aliphatic heterocycles. The van der Waals surface area contributed by atoms with Crippen molar-refractivity contribution in [1.82, 2.24) is 4.98 Å². The molecule has 0 saturated carbocycles. The van der Waals surface area contributed by atoms with Crippen molar-refractivity contribution in [2.24, 2.45) is 5.92 Å². The van der Waals surface area contributed by atoms with Crippen LogP contribution < -0.4 is 5.32 Å². The van der Waals surface area contributed by atoms with Gasteiger partial charge in [-0.25, -0.2) is 9.78 Å². The van der Waals surface area contributed by atoms with E-state index >= 15 is 0 Å². The zero-order valence-electron chi connectivity index (χ0n) is 20.9. The number of hydrogen-bond acceptors (Lipinski definition) is 5. The Bertz CT molecular complexity index is 1700. The Hall–Kier alpha value is -4.71.